The van der Waals surface area contributed by atoms with Crippen molar-refractivity contribution in [3.63, 3.8) is 0 Å². The molecule has 2 rings (SSSR count). The van der Waals surface area contributed by atoms with Crippen molar-refractivity contribution in [2.75, 3.05) is 0 Å². The van der Waals surface area contributed by atoms with E-state index in [-0.39, 0.29) is 5.54 Å². The molecule has 1 aromatic rings. The van der Waals surface area contributed by atoms with E-state index < -0.39 is 0 Å². The van der Waals surface area contributed by atoms with Crippen LogP contribution in [0.25, 0.3) is 0 Å². The summed E-state index contributed by atoms with van der Waals surface area (Å²) < 4.78 is 5.64. The lowest BCUT2D eigenvalue weighted by molar-refractivity contribution is 0.362. The second-order valence-electron chi connectivity index (χ2n) is 3.97. The van der Waals surface area contributed by atoms with Gasteiger partial charge in [0.25, 0.3) is 0 Å². The summed E-state index contributed by atoms with van der Waals surface area (Å²) in [6.07, 6.45) is 2.03. The number of ether oxygens (including phenoxy) is 1. The highest BCUT2D eigenvalue weighted by Gasteiger charge is 2.34. The first kappa shape index (κ1) is 10.2. The number of hydrogen-bond donors (Lipinski definition) is 0. The minimum absolute atomic E-state index is 0.0705. The Bertz CT molecular complexity index is 391. The molecule has 0 aromatic heterocycles. The van der Waals surface area contributed by atoms with E-state index in [2.05, 4.69) is 31.0 Å². The minimum atomic E-state index is -0.0705. The number of para-hydroxylation sites is 1. The summed E-state index contributed by atoms with van der Waals surface area (Å²) in [5.74, 6) is 1.74. The number of benzene rings is 1. The lowest BCUT2D eigenvalue weighted by atomic mass is 9.84. The Balaban J connectivity index is 2.58. The van der Waals surface area contributed by atoms with E-state index in [1.54, 1.807) is 0 Å². The smallest absolute Gasteiger partial charge is 0.187 e. The average Bonchev–Trinajstić information content (AvgIpc) is 2.27. The summed E-state index contributed by atoms with van der Waals surface area (Å²) >= 11 is 0. The zero-order valence-electron chi connectivity index (χ0n) is 9.58. The van der Waals surface area contributed by atoms with E-state index in [1.165, 1.54) is 5.56 Å². The molecule has 15 heavy (non-hydrogen) atoms. The largest absolute Gasteiger partial charge is 0.443 e. The van der Waals surface area contributed by atoms with Gasteiger partial charge in [-0.1, -0.05) is 32.0 Å². The second-order valence-corrected chi connectivity index (χ2v) is 3.97. The Kier molecular flexibility index (Phi) is 2.51. The molecule has 0 radical (unpaired) electrons. The van der Waals surface area contributed by atoms with Gasteiger partial charge in [0, 0.05) is 12.5 Å². The number of nitrogens with zero attached hydrogens (tertiary/aromatic N) is 1. The van der Waals surface area contributed by atoms with Crippen LogP contribution in [0.5, 0.6) is 5.75 Å². The maximum Gasteiger partial charge on any atom is 0.187 e. The van der Waals surface area contributed by atoms with Gasteiger partial charge in [0.15, 0.2) is 5.90 Å². The average molecular weight is 203 g/mol. The normalized spacial score (nSPS) is 17.7. The van der Waals surface area contributed by atoms with Crippen molar-refractivity contribution in [2.45, 2.75) is 39.2 Å². The van der Waals surface area contributed by atoms with Gasteiger partial charge in [-0.15, -0.1) is 0 Å². The topological polar surface area (TPSA) is 21.6 Å². The van der Waals surface area contributed by atoms with Crippen LogP contribution in [-0.4, -0.2) is 5.90 Å². The maximum absolute atomic E-state index is 5.64. The minimum Gasteiger partial charge on any atom is -0.443 e. The molecular weight excluding hydrogens is 186 g/mol. The molecule has 0 spiro atoms. The molecule has 0 saturated carbocycles. The van der Waals surface area contributed by atoms with E-state index in [4.69, 9.17) is 4.74 Å². The van der Waals surface area contributed by atoms with Crippen molar-refractivity contribution >= 4 is 5.90 Å². The standard InChI is InChI=1S/C13H17NO/c1-4-13(5-2)11-8-6-7-9-12(11)15-10(3)14-13/h6-9H,4-5H2,1-3H3. The SMILES string of the molecule is CCC1(CC)N=C(C)Oc2ccccc21. The van der Waals surface area contributed by atoms with Crippen molar-refractivity contribution < 1.29 is 4.74 Å². The summed E-state index contributed by atoms with van der Waals surface area (Å²) in [6.45, 7) is 6.29. The Morgan fingerprint density at radius 1 is 1.20 bits per heavy atom. The number of fused-ring (bicyclic) bond motifs is 1. The highest BCUT2D eigenvalue weighted by molar-refractivity contribution is 5.79. The van der Waals surface area contributed by atoms with E-state index in [0.717, 1.165) is 24.5 Å². The molecule has 1 aromatic carbocycles. The number of hydrogen-bond acceptors (Lipinski definition) is 2. The van der Waals surface area contributed by atoms with Crippen molar-refractivity contribution in [1.82, 2.24) is 0 Å². The van der Waals surface area contributed by atoms with Gasteiger partial charge in [0.05, 0.1) is 5.54 Å². The fourth-order valence-electron chi connectivity index (χ4n) is 2.27. The third kappa shape index (κ3) is 1.54. The molecule has 2 nitrogen and oxygen atoms in total. The number of rotatable bonds is 2. The summed E-state index contributed by atoms with van der Waals surface area (Å²) in [5, 5.41) is 0. The quantitative estimate of drug-likeness (QED) is 0.720. The predicted octanol–water partition coefficient (Wildman–Crippen LogP) is 3.51. The monoisotopic (exact) mass is 203 g/mol. The summed E-state index contributed by atoms with van der Waals surface area (Å²) in [7, 11) is 0. The fraction of sp³-hybridized carbons (Fsp3) is 0.462. The second kappa shape index (κ2) is 3.69. The third-order valence-corrected chi connectivity index (χ3v) is 3.19. The first-order valence-electron chi connectivity index (χ1n) is 5.55. The van der Waals surface area contributed by atoms with E-state index in [9.17, 15) is 0 Å². The van der Waals surface area contributed by atoms with Gasteiger partial charge in [-0.2, -0.15) is 0 Å². The van der Waals surface area contributed by atoms with Crippen LogP contribution >= 0.6 is 0 Å². The van der Waals surface area contributed by atoms with E-state index in [0.29, 0.717) is 0 Å². The Morgan fingerprint density at radius 3 is 2.53 bits per heavy atom. The molecule has 2 heteroatoms. The summed E-state index contributed by atoms with van der Waals surface area (Å²) in [4.78, 5) is 4.69. The van der Waals surface area contributed by atoms with Gasteiger partial charge in [0.1, 0.15) is 5.75 Å². The van der Waals surface area contributed by atoms with Gasteiger partial charge in [-0.25, -0.2) is 4.99 Å². The first-order chi connectivity index (χ1) is 7.22. The zero-order valence-corrected chi connectivity index (χ0v) is 9.58. The van der Waals surface area contributed by atoms with E-state index >= 15 is 0 Å². The summed E-state index contributed by atoms with van der Waals surface area (Å²) in [6, 6.07) is 8.21. The first-order valence-corrected chi connectivity index (χ1v) is 5.55. The van der Waals surface area contributed by atoms with Crippen LogP contribution < -0.4 is 4.74 Å². The van der Waals surface area contributed by atoms with Gasteiger partial charge < -0.3 is 4.74 Å². The van der Waals surface area contributed by atoms with Crippen LogP contribution in [0.4, 0.5) is 0 Å². The van der Waals surface area contributed by atoms with Gasteiger partial charge in [-0.05, 0) is 18.9 Å². The molecular formula is C13H17NO. The maximum atomic E-state index is 5.64. The van der Waals surface area contributed by atoms with Gasteiger partial charge >= 0.3 is 0 Å². The molecule has 0 N–H and O–H groups in total. The van der Waals surface area contributed by atoms with E-state index in [1.807, 2.05) is 19.1 Å². The molecule has 0 unspecified atom stereocenters. The lowest BCUT2D eigenvalue weighted by Crippen LogP contribution is -2.29. The Morgan fingerprint density at radius 2 is 1.87 bits per heavy atom. The van der Waals surface area contributed by atoms with Gasteiger partial charge in [-0.3, -0.25) is 0 Å². The fourth-order valence-corrected chi connectivity index (χ4v) is 2.27. The molecule has 0 fully saturated rings. The Labute approximate surface area is 91.0 Å². The zero-order chi connectivity index (χ0) is 10.9. The van der Waals surface area contributed by atoms with Crippen molar-refractivity contribution in [3.8, 4) is 5.75 Å². The predicted molar refractivity (Wildman–Crippen MR) is 62.4 cm³/mol. The molecule has 0 bridgehead atoms. The lowest BCUT2D eigenvalue weighted by Gasteiger charge is -2.33. The molecule has 1 heterocycles. The van der Waals surface area contributed by atoms with Crippen molar-refractivity contribution in [3.05, 3.63) is 29.8 Å². The van der Waals surface area contributed by atoms with Crippen molar-refractivity contribution in [2.24, 2.45) is 4.99 Å². The van der Waals surface area contributed by atoms with Crippen LogP contribution in [0.2, 0.25) is 0 Å². The summed E-state index contributed by atoms with van der Waals surface area (Å²) in [5.41, 5.74) is 1.15. The molecule has 1 aliphatic heterocycles. The molecule has 0 atom stereocenters. The highest BCUT2D eigenvalue weighted by Crippen LogP contribution is 2.41. The molecule has 0 aliphatic carbocycles. The van der Waals surface area contributed by atoms with Crippen LogP contribution in [0.3, 0.4) is 0 Å². The van der Waals surface area contributed by atoms with Crippen LogP contribution in [0.1, 0.15) is 39.2 Å². The third-order valence-electron chi connectivity index (χ3n) is 3.19. The number of aliphatic imine (C=N–C) groups is 1. The molecule has 0 saturated heterocycles. The molecule has 80 valence electrons. The van der Waals surface area contributed by atoms with Crippen LogP contribution in [0, 0.1) is 0 Å². The molecule has 0 amide bonds. The van der Waals surface area contributed by atoms with Crippen molar-refractivity contribution in [1.29, 1.82) is 0 Å². The Hall–Kier alpha value is -1.31. The van der Waals surface area contributed by atoms with Crippen LogP contribution in [0.15, 0.2) is 29.3 Å². The molecule has 1 aliphatic rings. The highest BCUT2D eigenvalue weighted by atomic mass is 16.5. The van der Waals surface area contributed by atoms with Crippen LogP contribution in [-0.2, 0) is 5.54 Å². The van der Waals surface area contributed by atoms with Gasteiger partial charge in [0.2, 0.25) is 0 Å².